The number of carbonyl (C=O) groups excluding carboxylic acids is 3. The highest BCUT2D eigenvalue weighted by molar-refractivity contribution is 5.96. The standard InChI is InChI=1S/C21H30N6O7/c22-10-2-1-3-15(21(33)34)27-20(32)16(11-19(30)31)26-18(29)9-8-17(28)25-14-6-4-13(5-7-14)12-24-23/h4-7,12,15-16H,1-3,8-11,22-23H2,(H,25,28)(H,26,29)(H,27,32)(H,30,31)(H,33,34)/t15-,16-/m0/s1. The number of hydrogen-bond donors (Lipinski definition) is 7. The number of amides is 3. The molecular weight excluding hydrogens is 448 g/mol. The van der Waals surface area contributed by atoms with E-state index in [2.05, 4.69) is 21.1 Å². The van der Waals surface area contributed by atoms with Crippen LogP contribution in [-0.2, 0) is 24.0 Å². The zero-order valence-electron chi connectivity index (χ0n) is 18.5. The SMILES string of the molecule is NCCCC[C@H](NC(=O)[C@H](CC(=O)O)NC(=O)CCC(=O)Nc1ccc(C=NN)cc1)C(=O)O. The monoisotopic (exact) mass is 478 g/mol. The van der Waals surface area contributed by atoms with E-state index in [0.29, 0.717) is 25.1 Å². The lowest BCUT2D eigenvalue weighted by atomic mass is 10.1. The van der Waals surface area contributed by atoms with Gasteiger partial charge in [-0.1, -0.05) is 12.1 Å². The van der Waals surface area contributed by atoms with E-state index in [1.165, 1.54) is 6.21 Å². The third-order valence-electron chi connectivity index (χ3n) is 4.59. The van der Waals surface area contributed by atoms with Crippen LogP contribution < -0.4 is 27.5 Å². The molecule has 1 aromatic carbocycles. The van der Waals surface area contributed by atoms with Gasteiger partial charge in [-0.05, 0) is 43.5 Å². The molecule has 0 aromatic heterocycles. The molecule has 0 spiro atoms. The van der Waals surface area contributed by atoms with Crippen LogP contribution in [0.3, 0.4) is 0 Å². The van der Waals surface area contributed by atoms with Crippen LogP contribution in [0, 0.1) is 0 Å². The third kappa shape index (κ3) is 11.0. The van der Waals surface area contributed by atoms with Gasteiger partial charge in [0.2, 0.25) is 17.7 Å². The van der Waals surface area contributed by atoms with Gasteiger partial charge >= 0.3 is 11.9 Å². The van der Waals surface area contributed by atoms with Crippen LogP contribution in [0.5, 0.6) is 0 Å². The Morgan fingerprint density at radius 1 is 0.941 bits per heavy atom. The van der Waals surface area contributed by atoms with E-state index in [9.17, 15) is 29.1 Å². The molecule has 0 unspecified atom stereocenters. The first kappa shape index (κ1) is 28.0. The average Bonchev–Trinajstić information content (AvgIpc) is 2.77. The van der Waals surface area contributed by atoms with Gasteiger partial charge in [-0.3, -0.25) is 19.2 Å². The fraction of sp³-hybridized carbons (Fsp3) is 0.429. The summed E-state index contributed by atoms with van der Waals surface area (Å²) in [4.78, 5) is 59.2. The number of nitrogens with two attached hydrogens (primary N) is 2. The number of carboxylic acids is 2. The highest BCUT2D eigenvalue weighted by Gasteiger charge is 2.28. The smallest absolute Gasteiger partial charge is 0.326 e. The molecule has 0 fully saturated rings. The van der Waals surface area contributed by atoms with E-state index >= 15 is 0 Å². The summed E-state index contributed by atoms with van der Waals surface area (Å²) in [5.41, 5.74) is 6.59. The number of aliphatic carboxylic acids is 2. The number of hydrogen-bond acceptors (Lipinski definition) is 8. The highest BCUT2D eigenvalue weighted by atomic mass is 16.4. The third-order valence-corrected chi connectivity index (χ3v) is 4.59. The number of nitrogens with zero attached hydrogens (tertiary/aromatic N) is 1. The van der Waals surface area contributed by atoms with Crippen LogP contribution in [0.2, 0.25) is 0 Å². The van der Waals surface area contributed by atoms with Crippen molar-refractivity contribution >= 4 is 41.6 Å². The van der Waals surface area contributed by atoms with E-state index in [4.69, 9.17) is 16.7 Å². The normalized spacial score (nSPS) is 12.5. The largest absolute Gasteiger partial charge is 0.481 e. The molecule has 3 amide bonds. The second-order valence-corrected chi connectivity index (χ2v) is 7.35. The van der Waals surface area contributed by atoms with Crippen molar-refractivity contribution < 1.29 is 34.2 Å². The van der Waals surface area contributed by atoms with Crippen molar-refractivity contribution in [3.8, 4) is 0 Å². The summed E-state index contributed by atoms with van der Waals surface area (Å²) in [6, 6.07) is 3.84. The van der Waals surface area contributed by atoms with Crippen LogP contribution in [0.1, 0.15) is 44.1 Å². The van der Waals surface area contributed by atoms with Crippen LogP contribution in [0.4, 0.5) is 5.69 Å². The van der Waals surface area contributed by atoms with Crippen LogP contribution in [0.25, 0.3) is 0 Å². The molecule has 2 atom stereocenters. The van der Waals surface area contributed by atoms with Crippen LogP contribution >= 0.6 is 0 Å². The number of carbonyl (C=O) groups is 5. The predicted octanol–water partition coefficient (Wildman–Crippen LogP) is -0.644. The molecule has 0 aliphatic rings. The van der Waals surface area contributed by atoms with Crippen LogP contribution in [-0.4, -0.2) is 64.7 Å². The quantitative estimate of drug-likeness (QED) is 0.0734. The van der Waals surface area contributed by atoms with E-state index in [1.807, 2.05) is 0 Å². The molecular formula is C21H30N6O7. The molecule has 1 aromatic rings. The van der Waals surface area contributed by atoms with Crippen molar-refractivity contribution in [2.45, 2.75) is 50.6 Å². The lowest BCUT2D eigenvalue weighted by Crippen LogP contribution is -2.52. The number of hydrazone groups is 1. The van der Waals surface area contributed by atoms with Gasteiger partial charge in [0.05, 0.1) is 12.6 Å². The molecule has 0 bridgehead atoms. The fourth-order valence-electron chi connectivity index (χ4n) is 2.86. The topological polar surface area (TPSA) is 226 Å². The average molecular weight is 479 g/mol. The summed E-state index contributed by atoms with van der Waals surface area (Å²) in [5.74, 6) is 0.261. The molecule has 0 saturated heterocycles. The molecule has 0 saturated carbocycles. The lowest BCUT2D eigenvalue weighted by Gasteiger charge is -2.20. The Bertz CT molecular complexity index is 888. The van der Waals surface area contributed by atoms with Gasteiger partial charge in [-0.2, -0.15) is 5.10 Å². The minimum Gasteiger partial charge on any atom is -0.481 e. The predicted molar refractivity (Wildman–Crippen MR) is 123 cm³/mol. The Labute approximate surface area is 195 Å². The summed E-state index contributed by atoms with van der Waals surface area (Å²) in [5, 5.41) is 28.8. The highest BCUT2D eigenvalue weighted by Crippen LogP contribution is 2.09. The minimum absolute atomic E-state index is 0.103. The van der Waals surface area contributed by atoms with Crippen molar-refractivity contribution in [3.63, 3.8) is 0 Å². The maximum absolute atomic E-state index is 12.4. The Morgan fingerprint density at radius 2 is 1.59 bits per heavy atom. The van der Waals surface area contributed by atoms with Gasteiger partial charge in [0.15, 0.2) is 0 Å². The zero-order valence-corrected chi connectivity index (χ0v) is 18.5. The molecule has 0 radical (unpaired) electrons. The molecule has 13 nitrogen and oxygen atoms in total. The van der Waals surface area contributed by atoms with E-state index < -0.39 is 48.2 Å². The number of nitrogens with one attached hydrogen (secondary N) is 3. The first-order chi connectivity index (χ1) is 16.2. The maximum atomic E-state index is 12.4. The van der Waals surface area contributed by atoms with Crippen molar-refractivity contribution in [3.05, 3.63) is 29.8 Å². The second kappa shape index (κ2) is 14.9. The molecule has 13 heteroatoms. The van der Waals surface area contributed by atoms with Gasteiger partial charge in [-0.25, -0.2) is 4.79 Å². The van der Waals surface area contributed by atoms with Crippen molar-refractivity contribution in [1.82, 2.24) is 10.6 Å². The number of benzene rings is 1. The summed E-state index contributed by atoms with van der Waals surface area (Å²) >= 11 is 0. The number of unbranched alkanes of at least 4 members (excludes halogenated alkanes) is 1. The van der Waals surface area contributed by atoms with Gasteiger partial charge in [-0.15, -0.1) is 0 Å². The maximum Gasteiger partial charge on any atom is 0.326 e. The second-order valence-electron chi connectivity index (χ2n) is 7.35. The Kier molecular flexibility index (Phi) is 12.3. The summed E-state index contributed by atoms with van der Waals surface area (Å²) in [6.07, 6.45) is 1.25. The Hall–Kier alpha value is -4.00. The van der Waals surface area contributed by atoms with Crippen LogP contribution in [0.15, 0.2) is 29.4 Å². The number of carboxylic acid groups (broad SMARTS) is 2. The fourth-order valence-corrected chi connectivity index (χ4v) is 2.86. The first-order valence-corrected chi connectivity index (χ1v) is 10.5. The molecule has 34 heavy (non-hydrogen) atoms. The van der Waals surface area contributed by atoms with E-state index in [1.54, 1.807) is 24.3 Å². The molecule has 1 rings (SSSR count). The van der Waals surface area contributed by atoms with Gasteiger partial charge in [0.25, 0.3) is 0 Å². The van der Waals surface area contributed by atoms with Gasteiger partial charge in [0, 0.05) is 18.5 Å². The number of anilines is 1. The zero-order chi connectivity index (χ0) is 25.5. The van der Waals surface area contributed by atoms with E-state index in [-0.39, 0.29) is 19.3 Å². The van der Waals surface area contributed by atoms with Crippen molar-refractivity contribution in [2.24, 2.45) is 16.7 Å². The lowest BCUT2D eigenvalue weighted by molar-refractivity contribution is -0.143. The van der Waals surface area contributed by atoms with Crippen molar-refractivity contribution in [2.75, 3.05) is 11.9 Å². The molecule has 0 heterocycles. The molecule has 9 N–H and O–H groups in total. The summed E-state index contributed by atoms with van der Waals surface area (Å²) < 4.78 is 0. The Morgan fingerprint density at radius 3 is 2.15 bits per heavy atom. The summed E-state index contributed by atoms with van der Waals surface area (Å²) in [7, 11) is 0. The van der Waals surface area contributed by atoms with Crippen molar-refractivity contribution in [1.29, 1.82) is 0 Å². The van der Waals surface area contributed by atoms with Gasteiger partial charge in [0.1, 0.15) is 12.1 Å². The molecule has 0 aliphatic carbocycles. The molecule has 186 valence electrons. The van der Waals surface area contributed by atoms with E-state index in [0.717, 1.165) is 5.56 Å². The Balaban J connectivity index is 2.63. The van der Waals surface area contributed by atoms with Gasteiger partial charge < -0.3 is 37.7 Å². The number of rotatable bonds is 15. The molecule has 0 aliphatic heterocycles. The minimum atomic E-state index is -1.50. The first-order valence-electron chi connectivity index (χ1n) is 10.5. The summed E-state index contributed by atoms with van der Waals surface area (Å²) in [6.45, 7) is 0.361.